The molecule has 0 aliphatic heterocycles. The molecule has 12 heavy (non-hydrogen) atoms. The summed E-state index contributed by atoms with van der Waals surface area (Å²) < 4.78 is 0. The summed E-state index contributed by atoms with van der Waals surface area (Å²) in [4.78, 5) is 4.29. The highest BCUT2D eigenvalue weighted by atomic mass is 14.7. The van der Waals surface area contributed by atoms with E-state index in [-0.39, 0.29) is 0 Å². The van der Waals surface area contributed by atoms with Gasteiger partial charge in [-0.05, 0) is 32.0 Å². The summed E-state index contributed by atoms with van der Waals surface area (Å²) in [6.45, 7) is 3.92. The van der Waals surface area contributed by atoms with Crippen molar-refractivity contribution in [2.75, 3.05) is 0 Å². The lowest BCUT2D eigenvalue weighted by Crippen LogP contribution is -1.78. The Bertz CT molecular complexity index is 338. The number of terminal acetylenes is 1. The van der Waals surface area contributed by atoms with Gasteiger partial charge in [-0.1, -0.05) is 12.0 Å². The highest BCUT2D eigenvalue weighted by Crippen LogP contribution is 2.13. The van der Waals surface area contributed by atoms with E-state index in [0.29, 0.717) is 0 Å². The van der Waals surface area contributed by atoms with Crippen LogP contribution < -0.4 is 0 Å². The van der Waals surface area contributed by atoms with Crippen molar-refractivity contribution in [2.45, 2.75) is 13.8 Å². The zero-order valence-corrected chi connectivity index (χ0v) is 7.33. The quantitative estimate of drug-likeness (QED) is 0.439. The minimum atomic E-state index is 0.873. The van der Waals surface area contributed by atoms with Crippen molar-refractivity contribution in [3.63, 3.8) is 0 Å². The highest BCUT2D eigenvalue weighted by molar-refractivity contribution is 5.82. The smallest absolute Gasteiger partial charge is 0.0641 e. The molecule has 0 aliphatic rings. The van der Waals surface area contributed by atoms with Crippen molar-refractivity contribution in [3.8, 4) is 12.3 Å². The van der Waals surface area contributed by atoms with Gasteiger partial charge in [0.25, 0.3) is 0 Å². The Hall–Kier alpha value is -1.55. The summed E-state index contributed by atoms with van der Waals surface area (Å²) in [6, 6.07) is 7.64. The largest absolute Gasteiger partial charge is 0.258 e. The number of nitrogens with zero attached hydrogens (tertiary/aromatic N) is 1. The first-order valence-electron chi connectivity index (χ1n) is 3.81. The molecule has 0 saturated carbocycles. The van der Waals surface area contributed by atoms with E-state index in [1.165, 1.54) is 0 Å². The van der Waals surface area contributed by atoms with Crippen LogP contribution in [0.25, 0.3) is 0 Å². The zero-order chi connectivity index (χ0) is 8.97. The van der Waals surface area contributed by atoms with E-state index in [2.05, 4.69) is 10.9 Å². The van der Waals surface area contributed by atoms with Gasteiger partial charge in [0.15, 0.2) is 0 Å². The number of hydrogen-bond donors (Lipinski definition) is 0. The van der Waals surface area contributed by atoms with Crippen molar-refractivity contribution >= 4 is 11.4 Å². The summed E-state index contributed by atoms with van der Waals surface area (Å²) >= 11 is 0. The Morgan fingerprint density at radius 3 is 2.75 bits per heavy atom. The maximum Gasteiger partial charge on any atom is 0.0641 e. The van der Waals surface area contributed by atoms with Gasteiger partial charge in [-0.15, -0.1) is 6.42 Å². The van der Waals surface area contributed by atoms with Crippen LogP contribution in [-0.4, -0.2) is 5.71 Å². The second-order valence-corrected chi connectivity index (χ2v) is 2.75. The first-order valence-corrected chi connectivity index (χ1v) is 3.81. The average molecular weight is 157 g/mol. The molecule has 0 atom stereocenters. The molecule has 0 saturated heterocycles. The van der Waals surface area contributed by atoms with Gasteiger partial charge in [0.05, 0.1) is 5.69 Å². The van der Waals surface area contributed by atoms with Crippen LogP contribution in [0.5, 0.6) is 0 Å². The molecular weight excluding hydrogens is 146 g/mol. The lowest BCUT2D eigenvalue weighted by Gasteiger charge is -1.95. The molecule has 0 spiro atoms. The average Bonchev–Trinajstić information content (AvgIpc) is 2.03. The fourth-order valence-corrected chi connectivity index (χ4v) is 0.923. The van der Waals surface area contributed by atoms with E-state index in [1.54, 1.807) is 0 Å². The number of rotatable bonds is 1. The van der Waals surface area contributed by atoms with E-state index in [9.17, 15) is 0 Å². The van der Waals surface area contributed by atoms with E-state index >= 15 is 0 Å². The Morgan fingerprint density at radius 1 is 1.42 bits per heavy atom. The van der Waals surface area contributed by atoms with Crippen LogP contribution in [0.3, 0.4) is 0 Å². The molecule has 1 nitrogen and oxygen atoms in total. The minimum Gasteiger partial charge on any atom is -0.258 e. The molecule has 1 rings (SSSR count). The molecule has 0 radical (unpaired) electrons. The minimum absolute atomic E-state index is 0.873. The molecule has 0 fully saturated rings. The first kappa shape index (κ1) is 8.55. The van der Waals surface area contributed by atoms with Crippen molar-refractivity contribution in [1.29, 1.82) is 0 Å². The highest BCUT2D eigenvalue weighted by Gasteiger charge is 1.89. The van der Waals surface area contributed by atoms with Gasteiger partial charge in [-0.25, -0.2) is 0 Å². The summed E-state index contributed by atoms with van der Waals surface area (Å²) in [5.74, 6) is 2.57. The SMILES string of the molecule is C#Cc1cccc(N=C(C)C)c1. The molecule has 0 heterocycles. The van der Waals surface area contributed by atoms with Gasteiger partial charge in [0, 0.05) is 11.3 Å². The molecular formula is C11H11N. The maximum atomic E-state index is 5.25. The van der Waals surface area contributed by atoms with E-state index in [0.717, 1.165) is 17.0 Å². The third kappa shape index (κ3) is 2.25. The summed E-state index contributed by atoms with van der Waals surface area (Å²) in [7, 11) is 0. The van der Waals surface area contributed by atoms with Crippen LogP contribution in [0.2, 0.25) is 0 Å². The maximum absolute atomic E-state index is 5.25. The summed E-state index contributed by atoms with van der Waals surface area (Å²) in [5.41, 5.74) is 2.83. The van der Waals surface area contributed by atoms with Gasteiger partial charge in [-0.2, -0.15) is 0 Å². The zero-order valence-electron chi connectivity index (χ0n) is 7.33. The molecule has 0 aromatic heterocycles. The van der Waals surface area contributed by atoms with Crippen molar-refractivity contribution < 1.29 is 0 Å². The Balaban J connectivity index is 3.04. The van der Waals surface area contributed by atoms with Crippen LogP contribution in [0.15, 0.2) is 29.3 Å². The first-order chi connectivity index (χ1) is 5.72. The number of benzene rings is 1. The Kier molecular flexibility index (Phi) is 2.66. The monoisotopic (exact) mass is 157 g/mol. The summed E-state index contributed by atoms with van der Waals surface area (Å²) in [5, 5.41) is 0. The van der Waals surface area contributed by atoms with E-state index < -0.39 is 0 Å². The third-order valence-electron chi connectivity index (χ3n) is 1.37. The predicted octanol–water partition coefficient (Wildman–Crippen LogP) is 2.78. The second kappa shape index (κ2) is 3.73. The third-order valence-corrected chi connectivity index (χ3v) is 1.37. The molecule has 1 heteroatoms. The predicted molar refractivity (Wildman–Crippen MR) is 52.8 cm³/mol. The second-order valence-electron chi connectivity index (χ2n) is 2.75. The van der Waals surface area contributed by atoms with Gasteiger partial charge in [0.2, 0.25) is 0 Å². The molecule has 1 aromatic carbocycles. The lowest BCUT2D eigenvalue weighted by molar-refractivity contribution is 1.47. The van der Waals surface area contributed by atoms with Crippen LogP contribution in [0.4, 0.5) is 5.69 Å². The molecule has 0 bridgehead atoms. The normalized spacial score (nSPS) is 8.75. The van der Waals surface area contributed by atoms with Crippen LogP contribution >= 0.6 is 0 Å². The molecule has 60 valence electrons. The van der Waals surface area contributed by atoms with E-state index in [4.69, 9.17) is 6.42 Å². The molecule has 0 unspecified atom stereocenters. The molecule has 0 N–H and O–H groups in total. The van der Waals surface area contributed by atoms with Gasteiger partial charge < -0.3 is 0 Å². The Labute approximate surface area is 73.2 Å². The number of hydrogen-bond acceptors (Lipinski definition) is 1. The molecule has 0 amide bonds. The van der Waals surface area contributed by atoms with Crippen molar-refractivity contribution in [2.24, 2.45) is 4.99 Å². The van der Waals surface area contributed by atoms with Crippen LogP contribution in [0, 0.1) is 12.3 Å². The summed E-state index contributed by atoms with van der Waals surface area (Å²) in [6.07, 6.45) is 5.25. The standard InChI is InChI=1S/C11H11N/c1-4-10-6-5-7-11(8-10)12-9(2)3/h1,5-8H,2-3H3. The number of aliphatic imine (C=N–C) groups is 1. The van der Waals surface area contributed by atoms with Crippen LogP contribution in [-0.2, 0) is 0 Å². The topological polar surface area (TPSA) is 12.4 Å². The van der Waals surface area contributed by atoms with Crippen molar-refractivity contribution in [3.05, 3.63) is 29.8 Å². The molecule has 1 aromatic rings. The lowest BCUT2D eigenvalue weighted by atomic mass is 10.2. The van der Waals surface area contributed by atoms with Gasteiger partial charge in [-0.3, -0.25) is 4.99 Å². The Morgan fingerprint density at radius 2 is 2.17 bits per heavy atom. The van der Waals surface area contributed by atoms with E-state index in [1.807, 2.05) is 38.1 Å². The van der Waals surface area contributed by atoms with Gasteiger partial charge in [0.1, 0.15) is 0 Å². The molecule has 0 aliphatic carbocycles. The van der Waals surface area contributed by atoms with Crippen molar-refractivity contribution in [1.82, 2.24) is 0 Å². The fraction of sp³-hybridized carbons (Fsp3) is 0.182. The van der Waals surface area contributed by atoms with Gasteiger partial charge >= 0.3 is 0 Å². The fourth-order valence-electron chi connectivity index (χ4n) is 0.923. The van der Waals surface area contributed by atoms with Crippen LogP contribution in [0.1, 0.15) is 19.4 Å².